The van der Waals surface area contributed by atoms with E-state index in [1.807, 2.05) is 11.8 Å². The number of rotatable bonds is 5. The lowest BCUT2D eigenvalue weighted by molar-refractivity contribution is -0.143. The molecular weight excluding hydrogens is 319 g/mol. The average molecular weight is 346 g/mol. The highest BCUT2D eigenvalue weighted by molar-refractivity contribution is 5.80. The summed E-state index contributed by atoms with van der Waals surface area (Å²) in [6, 6.07) is 4.63. The average Bonchev–Trinajstić information content (AvgIpc) is 3.27. The molecule has 0 bridgehead atoms. The van der Waals surface area contributed by atoms with Crippen molar-refractivity contribution in [1.82, 2.24) is 9.80 Å². The van der Waals surface area contributed by atoms with Gasteiger partial charge >= 0.3 is 0 Å². The van der Waals surface area contributed by atoms with Gasteiger partial charge in [0.2, 0.25) is 5.91 Å². The number of likely N-dealkylation sites (tertiary alicyclic amines) is 2. The Bertz CT molecular complexity index is 668. The van der Waals surface area contributed by atoms with E-state index in [2.05, 4.69) is 4.90 Å². The second kappa shape index (κ2) is 6.36. The van der Waals surface area contributed by atoms with Gasteiger partial charge < -0.3 is 10.0 Å². The van der Waals surface area contributed by atoms with Crippen molar-refractivity contribution in [2.75, 3.05) is 32.8 Å². The Morgan fingerprint density at radius 2 is 2.08 bits per heavy atom. The normalized spacial score (nSPS) is 25.4. The summed E-state index contributed by atoms with van der Waals surface area (Å²) < 4.78 is 13.2. The molecule has 1 saturated carbocycles. The van der Waals surface area contributed by atoms with E-state index in [1.165, 1.54) is 25.0 Å². The molecule has 1 spiro atoms. The summed E-state index contributed by atoms with van der Waals surface area (Å²) in [7, 11) is 0. The molecule has 4 rings (SSSR count). The van der Waals surface area contributed by atoms with Gasteiger partial charge in [0.1, 0.15) is 5.82 Å². The Morgan fingerprint density at radius 3 is 2.72 bits per heavy atom. The summed E-state index contributed by atoms with van der Waals surface area (Å²) in [5, 5.41) is 9.57. The van der Waals surface area contributed by atoms with Gasteiger partial charge in [0.25, 0.3) is 0 Å². The highest BCUT2D eigenvalue weighted by atomic mass is 19.1. The summed E-state index contributed by atoms with van der Waals surface area (Å²) in [6.45, 7) is 5.72. The second-order valence-corrected chi connectivity index (χ2v) is 8.32. The summed E-state index contributed by atoms with van der Waals surface area (Å²) in [5.74, 6) is 1.03. The molecule has 25 heavy (non-hydrogen) atoms. The van der Waals surface area contributed by atoms with Gasteiger partial charge in [-0.05, 0) is 61.3 Å². The monoisotopic (exact) mass is 346 g/mol. The Balaban J connectivity index is 1.38. The first-order valence-corrected chi connectivity index (χ1v) is 9.38. The molecule has 5 heteroatoms. The van der Waals surface area contributed by atoms with Crippen LogP contribution < -0.4 is 0 Å². The van der Waals surface area contributed by atoms with E-state index in [0.717, 1.165) is 49.6 Å². The first-order valence-electron chi connectivity index (χ1n) is 9.38. The van der Waals surface area contributed by atoms with Crippen LogP contribution in [0.1, 0.15) is 30.4 Å². The number of carbonyl (C=O) groups excluding carboxylic acids is 1. The first-order chi connectivity index (χ1) is 12.0. The van der Waals surface area contributed by atoms with E-state index < -0.39 is 0 Å². The topological polar surface area (TPSA) is 43.8 Å². The van der Waals surface area contributed by atoms with Crippen molar-refractivity contribution in [2.24, 2.45) is 11.8 Å². The van der Waals surface area contributed by atoms with E-state index >= 15 is 0 Å². The van der Waals surface area contributed by atoms with Crippen LogP contribution in [0.3, 0.4) is 0 Å². The highest BCUT2D eigenvalue weighted by Gasteiger charge is 2.54. The van der Waals surface area contributed by atoms with Gasteiger partial charge in [-0.15, -0.1) is 0 Å². The van der Waals surface area contributed by atoms with Crippen molar-refractivity contribution in [3.05, 3.63) is 35.1 Å². The zero-order valence-electron chi connectivity index (χ0n) is 14.9. The smallest absolute Gasteiger partial charge is 0.227 e. The predicted molar refractivity (Wildman–Crippen MR) is 93.6 cm³/mol. The third-order valence-corrected chi connectivity index (χ3v) is 6.22. The summed E-state index contributed by atoms with van der Waals surface area (Å²) in [6.07, 6.45) is 3.98. The molecule has 136 valence electrons. The number of aliphatic hydroxyl groups excluding tert-OH is 1. The SMILES string of the molecule is Cc1cc(F)ccc1CC(=O)N1CC2(CC(CO)CN2CC2CC2)C1. The van der Waals surface area contributed by atoms with Gasteiger partial charge in [0, 0.05) is 32.8 Å². The maximum atomic E-state index is 13.2. The number of aryl methyl sites for hydroxylation is 1. The van der Waals surface area contributed by atoms with Gasteiger partial charge in [-0.3, -0.25) is 9.69 Å². The first kappa shape index (κ1) is 17.0. The molecule has 1 atom stereocenters. The van der Waals surface area contributed by atoms with Crippen molar-refractivity contribution in [1.29, 1.82) is 0 Å². The molecule has 0 aromatic heterocycles. The molecule has 0 radical (unpaired) electrons. The van der Waals surface area contributed by atoms with Crippen LogP contribution in [-0.2, 0) is 11.2 Å². The van der Waals surface area contributed by atoms with Gasteiger partial charge in [0.05, 0.1) is 12.0 Å². The molecule has 2 aliphatic heterocycles. The lowest BCUT2D eigenvalue weighted by atomic mass is 9.84. The fraction of sp³-hybridized carbons (Fsp3) is 0.650. The van der Waals surface area contributed by atoms with Crippen LogP contribution in [0.5, 0.6) is 0 Å². The number of hydrogen-bond donors (Lipinski definition) is 1. The summed E-state index contributed by atoms with van der Waals surface area (Å²) >= 11 is 0. The minimum absolute atomic E-state index is 0.0868. The Labute approximate surface area is 148 Å². The number of nitrogens with zero attached hydrogens (tertiary/aromatic N) is 2. The number of aliphatic hydroxyl groups is 1. The fourth-order valence-corrected chi connectivity index (χ4v) is 4.54. The maximum Gasteiger partial charge on any atom is 0.227 e. The van der Waals surface area contributed by atoms with Crippen LogP contribution in [0.25, 0.3) is 0 Å². The van der Waals surface area contributed by atoms with Crippen LogP contribution >= 0.6 is 0 Å². The minimum atomic E-state index is -0.256. The molecule has 2 saturated heterocycles. The Kier molecular flexibility index (Phi) is 4.32. The van der Waals surface area contributed by atoms with Crippen LogP contribution in [-0.4, -0.2) is 59.1 Å². The number of hydrogen-bond acceptors (Lipinski definition) is 3. The van der Waals surface area contributed by atoms with E-state index in [4.69, 9.17) is 0 Å². The minimum Gasteiger partial charge on any atom is -0.396 e. The van der Waals surface area contributed by atoms with Crippen molar-refractivity contribution < 1.29 is 14.3 Å². The molecule has 1 amide bonds. The van der Waals surface area contributed by atoms with Crippen molar-refractivity contribution in [3.63, 3.8) is 0 Å². The van der Waals surface area contributed by atoms with E-state index in [0.29, 0.717) is 12.3 Å². The fourth-order valence-electron chi connectivity index (χ4n) is 4.54. The molecule has 1 N–H and O–H groups in total. The van der Waals surface area contributed by atoms with Crippen LogP contribution in [0.4, 0.5) is 4.39 Å². The van der Waals surface area contributed by atoms with Crippen molar-refractivity contribution in [2.45, 2.75) is 38.1 Å². The van der Waals surface area contributed by atoms with Crippen LogP contribution in [0, 0.1) is 24.6 Å². The number of benzene rings is 1. The van der Waals surface area contributed by atoms with Gasteiger partial charge in [-0.1, -0.05) is 6.07 Å². The molecular formula is C20H27FN2O2. The lowest BCUT2D eigenvalue weighted by Crippen LogP contribution is -2.69. The van der Waals surface area contributed by atoms with Crippen LogP contribution in [0.15, 0.2) is 18.2 Å². The number of carbonyl (C=O) groups is 1. The molecule has 2 heterocycles. The Hall–Kier alpha value is -1.46. The van der Waals surface area contributed by atoms with Crippen LogP contribution in [0.2, 0.25) is 0 Å². The molecule has 1 unspecified atom stereocenters. The summed E-state index contributed by atoms with van der Waals surface area (Å²) in [5.41, 5.74) is 1.82. The largest absolute Gasteiger partial charge is 0.396 e. The van der Waals surface area contributed by atoms with E-state index in [1.54, 1.807) is 6.07 Å². The maximum absolute atomic E-state index is 13.2. The van der Waals surface area contributed by atoms with Crippen molar-refractivity contribution in [3.8, 4) is 0 Å². The highest BCUT2D eigenvalue weighted by Crippen LogP contribution is 2.43. The molecule has 3 aliphatic rings. The zero-order valence-corrected chi connectivity index (χ0v) is 14.9. The molecule has 4 nitrogen and oxygen atoms in total. The quantitative estimate of drug-likeness (QED) is 0.887. The van der Waals surface area contributed by atoms with E-state index in [-0.39, 0.29) is 23.9 Å². The zero-order chi connectivity index (χ0) is 17.6. The summed E-state index contributed by atoms with van der Waals surface area (Å²) in [4.78, 5) is 17.1. The third-order valence-electron chi connectivity index (χ3n) is 6.22. The lowest BCUT2D eigenvalue weighted by Gasteiger charge is -2.53. The Morgan fingerprint density at radius 1 is 1.32 bits per heavy atom. The van der Waals surface area contributed by atoms with Gasteiger partial charge in [0.15, 0.2) is 0 Å². The van der Waals surface area contributed by atoms with Gasteiger partial charge in [-0.25, -0.2) is 4.39 Å². The third kappa shape index (κ3) is 3.32. The standard InChI is InChI=1S/C20H27FN2O2/c1-14-6-18(21)5-4-17(14)7-19(25)22-12-20(13-22)8-16(11-24)10-23(20)9-15-2-3-15/h4-6,15-16,24H,2-3,7-13H2,1H3. The van der Waals surface area contributed by atoms with Gasteiger partial charge in [-0.2, -0.15) is 0 Å². The predicted octanol–water partition coefficient (Wildman–Crippen LogP) is 1.98. The van der Waals surface area contributed by atoms with E-state index in [9.17, 15) is 14.3 Å². The molecule has 1 aliphatic carbocycles. The second-order valence-electron chi connectivity index (χ2n) is 8.32. The molecule has 3 fully saturated rings. The molecule has 1 aromatic carbocycles. The number of amides is 1. The number of halogens is 1. The van der Waals surface area contributed by atoms with Crippen molar-refractivity contribution >= 4 is 5.91 Å². The molecule has 1 aromatic rings.